The van der Waals surface area contributed by atoms with Crippen LogP contribution in [-0.2, 0) is 0 Å². The highest BCUT2D eigenvalue weighted by Gasteiger charge is 2.04. The minimum atomic E-state index is -0.163. The van der Waals surface area contributed by atoms with Crippen LogP contribution in [-0.4, -0.2) is 4.98 Å². The Kier molecular flexibility index (Phi) is 2.80. The third-order valence-corrected chi connectivity index (χ3v) is 2.55. The highest BCUT2D eigenvalue weighted by Crippen LogP contribution is 2.28. The van der Waals surface area contributed by atoms with Gasteiger partial charge in [0.2, 0.25) is 5.56 Å². The Hall–Kier alpha value is -1.25. The van der Waals surface area contributed by atoms with E-state index in [-0.39, 0.29) is 5.56 Å². The summed E-state index contributed by atoms with van der Waals surface area (Å²) in [6.07, 6.45) is 0. The molecule has 1 aromatic carbocycles. The zero-order valence-corrected chi connectivity index (χ0v) is 9.14. The Labute approximate surface area is 96.5 Å². The number of rotatable bonds is 1. The third kappa shape index (κ3) is 2.22. The number of hydrogen-bond donors (Lipinski definition) is 1. The molecule has 1 heterocycles. The van der Waals surface area contributed by atoms with E-state index in [2.05, 4.69) is 4.98 Å². The van der Waals surface area contributed by atoms with E-state index in [0.717, 1.165) is 5.56 Å². The first-order chi connectivity index (χ1) is 7.16. The van der Waals surface area contributed by atoms with Gasteiger partial charge in [-0.25, -0.2) is 0 Å². The van der Waals surface area contributed by atoms with Crippen LogP contribution in [0.4, 0.5) is 0 Å². The number of H-pyrrole nitrogens is 1. The normalized spacial score (nSPS) is 10.3. The van der Waals surface area contributed by atoms with E-state index in [1.54, 1.807) is 30.3 Å². The predicted octanol–water partition coefficient (Wildman–Crippen LogP) is 3.35. The number of pyridine rings is 1. The van der Waals surface area contributed by atoms with Gasteiger partial charge in [0.05, 0.1) is 0 Å². The van der Waals surface area contributed by atoms with Gasteiger partial charge in [-0.2, -0.15) is 0 Å². The van der Waals surface area contributed by atoms with Gasteiger partial charge in [-0.1, -0.05) is 29.3 Å². The lowest BCUT2D eigenvalue weighted by Gasteiger charge is -2.04. The van der Waals surface area contributed by atoms with Gasteiger partial charge in [0, 0.05) is 27.4 Å². The summed E-state index contributed by atoms with van der Waals surface area (Å²) in [4.78, 5) is 13.8. The summed E-state index contributed by atoms with van der Waals surface area (Å²) in [5.41, 5.74) is 1.22. The zero-order valence-electron chi connectivity index (χ0n) is 7.63. The van der Waals surface area contributed by atoms with E-state index >= 15 is 0 Å². The molecule has 0 atom stereocenters. The molecule has 0 unspecified atom stereocenters. The highest BCUT2D eigenvalue weighted by molar-refractivity contribution is 6.35. The topological polar surface area (TPSA) is 32.9 Å². The molecule has 0 aliphatic heterocycles. The molecule has 0 aliphatic carbocycles. The van der Waals surface area contributed by atoms with Crippen molar-refractivity contribution in [2.45, 2.75) is 0 Å². The maximum absolute atomic E-state index is 11.1. The first kappa shape index (κ1) is 10.3. The summed E-state index contributed by atoms with van der Waals surface area (Å²) in [7, 11) is 0. The number of aromatic nitrogens is 1. The summed E-state index contributed by atoms with van der Waals surface area (Å²) in [5.74, 6) is 0. The van der Waals surface area contributed by atoms with Crippen molar-refractivity contribution in [2.24, 2.45) is 0 Å². The van der Waals surface area contributed by atoms with Crippen molar-refractivity contribution >= 4 is 23.2 Å². The summed E-state index contributed by atoms with van der Waals surface area (Å²) in [5, 5.41) is 1.14. The van der Waals surface area contributed by atoms with Crippen molar-refractivity contribution in [3.05, 3.63) is 56.8 Å². The van der Waals surface area contributed by atoms with E-state index in [0.29, 0.717) is 15.7 Å². The van der Waals surface area contributed by atoms with Crippen molar-refractivity contribution in [1.29, 1.82) is 0 Å². The smallest absolute Gasteiger partial charge is 0.248 e. The molecule has 1 N–H and O–H groups in total. The Morgan fingerprint density at radius 1 is 1.07 bits per heavy atom. The van der Waals surface area contributed by atoms with Crippen LogP contribution in [0.1, 0.15) is 0 Å². The fourth-order valence-corrected chi connectivity index (χ4v) is 1.70. The van der Waals surface area contributed by atoms with Crippen LogP contribution in [0.3, 0.4) is 0 Å². The zero-order chi connectivity index (χ0) is 10.8. The minimum absolute atomic E-state index is 0.163. The lowest BCUT2D eigenvalue weighted by Crippen LogP contribution is -2.03. The quantitative estimate of drug-likeness (QED) is 0.814. The first-order valence-electron chi connectivity index (χ1n) is 4.31. The molecule has 0 spiro atoms. The van der Waals surface area contributed by atoms with E-state index in [9.17, 15) is 4.79 Å². The molecule has 2 aromatic rings. The molecule has 0 bridgehead atoms. The van der Waals surface area contributed by atoms with Crippen LogP contribution in [0.5, 0.6) is 0 Å². The Morgan fingerprint density at radius 2 is 1.87 bits per heavy atom. The van der Waals surface area contributed by atoms with Gasteiger partial charge in [-0.15, -0.1) is 0 Å². The number of benzene rings is 1. The van der Waals surface area contributed by atoms with Crippen LogP contribution in [0.25, 0.3) is 11.3 Å². The van der Waals surface area contributed by atoms with E-state index < -0.39 is 0 Å². The molecule has 0 radical (unpaired) electrons. The van der Waals surface area contributed by atoms with Crippen LogP contribution in [0.15, 0.2) is 41.2 Å². The SMILES string of the molecule is O=c1cccc(-c2cc(Cl)ccc2Cl)[nH]1. The molecule has 2 rings (SSSR count). The minimum Gasteiger partial charge on any atom is -0.322 e. The maximum Gasteiger partial charge on any atom is 0.248 e. The lowest BCUT2D eigenvalue weighted by atomic mass is 10.1. The van der Waals surface area contributed by atoms with Crippen LogP contribution in [0.2, 0.25) is 10.0 Å². The standard InChI is InChI=1S/C11H7Cl2NO/c12-7-4-5-9(13)8(6-7)10-2-1-3-11(15)14-10/h1-6H,(H,14,15). The molecular weight excluding hydrogens is 233 g/mol. The van der Waals surface area contributed by atoms with Crippen molar-refractivity contribution in [3.8, 4) is 11.3 Å². The third-order valence-electron chi connectivity index (χ3n) is 1.99. The average Bonchev–Trinajstić information content (AvgIpc) is 2.22. The molecule has 0 fully saturated rings. The highest BCUT2D eigenvalue weighted by atomic mass is 35.5. The fraction of sp³-hybridized carbons (Fsp3) is 0. The van der Waals surface area contributed by atoms with Gasteiger partial charge in [0.1, 0.15) is 0 Å². The van der Waals surface area contributed by atoms with Gasteiger partial charge >= 0.3 is 0 Å². The van der Waals surface area contributed by atoms with Crippen molar-refractivity contribution < 1.29 is 0 Å². The van der Waals surface area contributed by atoms with Crippen LogP contribution in [0, 0.1) is 0 Å². The molecule has 2 nitrogen and oxygen atoms in total. The number of halogens is 2. The molecule has 0 saturated heterocycles. The van der Waals surface area contributed by atoms with Crippen LogP contribution >= 0.6 is 23.2 Å². The summed E-state index contributed by atoms with van der Waals surface area (Å²) >= 11 is 11.9. The second kappa shape index (κ2) is 4.09. The largest absolute Gasteiger partial charge is 0.322 e. The molecule has 0 saturated carbocycles. The van der Waals surface area contributed by atoms with Crippen LogP contribution < -0.4 is 5.56 Å². The van der Waals surface area contributed by atoms with Gasteiger partial charge in [-0.3, -0.25) is 4.79 Å². The van der Waals surface area contributed by atoms with Gasteiger partial charge in [0.15, 0.2) is 0 Å². The number of aromatic amines is 1. The monoisotopic (exact) mass is 239 g/mol. The second-order valence-electron chi connectivity index (χ2n) is 3.05. The number of hydrogen-bond acceptors (Lipinski definition) is 1. The molecule has 0 amide bonds. The molecule has 1 aromatic heterocycles. The summed E-state index contributed by atoms with van der Waals surface area (Å²) < 4.78 is 0. The predicted molar refractivity (Wildman–Crippen MR) is 62.5 cm³/mol. The van der Waals surface area contributed by atoms with Gasteiger partial charge in [-0.05, 0) is 24.3 Å². The second-order valence-corrected chi connectivity index (χ2v) is 3.90. The molecule has 4 heteroatoms. The Morgan fingerprint density at radius 3 is 2.60 bits per heavy atom. The molecule has 76 valence electrons. The fourth-order valence-electron chi connectivity index (χ4n) is 1.31. The molecule has 15 heavy (non-hydrogen) atoms. The Balaban J connectivity index is 2.63. The van der Waals surface area contributed by atoms with Crippen molar-refractivity contribution in [1.82, 2.24) is 4.98 Å². The number of nitrogens with one attached hydrogen (secondary N) is 1. The Bertz CT molecular complexity index is 548. The van der Waals surface area contributed by atoms with Crippen molar-refractivity contribution in [3.63, 3.8) is 0 Å². The summed E-state index contributed by atoms with van der Waals surface area (Å²) in [6.45, 7) is 0. The van der Waals surface area contributed by atoms with Gasteiger partial charge in [0.25, 0.3) is 0 Å². The lowest BCUT2D eigenvalue weighted by molar-refractivity contribution is 1.24. The average molecular weight is 240 g/mol. The van der Waals surface area contributed by atoms with Crippen molar-refractivity contribution in [2.75, 3.05) is 0 Å². The van der Waals surface area contributed by atoms with E-state index in [1.165, 1.54) is 6.07 Å². The molecule has 0 aliphatic rings. The first-order valence-corrected chi connectivity index (χ1v) is 5.07. The molecular formula is C11H7Cl2NO. The van der Waals surface area contributed by atoms with E-state index in [4.69, 9.17) is 23.2 Å². The summed E-state index contributed by atoms with van der Waals surface area (Å²) in [6, 6.07) is 10.0. The van der Waals surface area contributed by atoms with Gasteiger partial charge < -0.3 is 4.98 Å². The van der Waals surface area contributed by atoms with E-state index in [1.807, 2.05) is 0 Å². The maximum atomic E-state index is 11.1.